The molecular weight excluding hydrogens is 261 g/mol. The Balaban J connectivity index is 2.21. The van der Waals surface area contributed by atoms with E-state index in [0.717, 1.165) is 0 Å². The van der Waals surface area contributed by atoms with Gasteiger partial charge < -0.3 is 10.1 Å². The Kier molecular flexibility index (Phi) is 4.05. The molecule has 0 aromatic heterocycles. The van der Waals surface area contributed by atoms with Crippen molar-refractivity contribution in [2.45, 2.75) is 6.04 Å². The molecule has 0 saturated carbocycles. The van der Waals surface area contributed by atoms with Gasteiger partial charge in [0, 0.05) is 11.6 Å². The minimum absolute atomic E-state index is 0.0421. The van der Waals surface area contributed by atoms with Gasteiger partial charge in [-0.05, 0) is 25.2 Å². The first-order chi connectivity index (χ1) is 8.13. The molecule has 1 N–H and O–H groups in total. The predicted molar refractivity (Wildman–Crippen MR) is 67.9 cm³/mol. The molecule has 0 amide bonds. The zero-order valence-electron chi connectivity index (χ0n) is 9.37. The van der Waals surface area contributed by atoms with E-state index < -0.39 is 0 Å². The van der Waals surface area contributed by atoms with Crippen molar-refractivity contribution in [1.29, 1.82) is 0 Å². The number of rotatable bonds is 3. The van der Waals surface area contributed by atoms with E-state index in [2.05, 4.69) is 5.32 Å². The Bertz CT molecular complexity index is 437. The van der Waals surface area contributed by atoms with Crippen LogP contribution in [-0.2, 0) is 4.74 Å². The summed E-state index contributed by atoms with van der Waals surface area (Å²) < 4.78 is 5.31. The number of Topliss-reactive ketones (excluding diaryl/α,β-unsaturated/α-hetero) is 1. The Hall–Kier alpha value is -0.610. The summed E-state index contributed by atoms with van der Waals surface area (Å²) >= 11 is 11.7. The lowest BCUT2D eigenvalue weighted by molar-refractivity contribution is 0.0892. The number of carbonyl (C=O) groups excluding carboxylic acids is 1. The van der Waals surface area contributed by atoms with Crippen molar-refractivity contribution in [3.63, 3.8) is 0 Å². The average molecular weight is 274 g/mol. The second kappa shape index (κ2) is 5.36. The molecule has 3 nitrogen and oxygen atoms in total. The molecule has 5 heteroatoms. The maximum Gasteiger partial charge on any atom is 0.169 e. The third-order valence-corrected chi connectivity index (χ3v) is 3.73. The maximum atomic E-state index is 12.3. The SMILES string of the molecule is CNC1COCC1C(=O)c1ccc(Cl)c(Cl)c1. The number of ketones is 1. The minimum Gasteiger partial charge on any atom is -0.379 e. The van der Waals surface area contributed by atoms with Crippen LogP contribution >= 0.6 is 23.2 Å². The van der Waals surface area contributed by atoms with Crippen LogP contribution in [0.4, 0.5) is 0 Å². The van der Waals surface area contributed by atoms with Crippen molar-refractivity contribution in [3.8, 4) is 0 Å². The van der Waals surface area contributed by atoms with E-state index in [1.165, 1.54) is 0 Å². The fraction of sp³-hybridized carbons (Fsp3) is 0.417. The van der Waals surface area contributed by atoms with Gasteiger partial charge in [0.25, 0.3) is 0 Å². The minimum atomic E-state index is -0.155. The molecule has 0 bridgehead atoms. The van der Waals surface area contributed by atoms with Crippen LogP contribution in [0, 0.1) is 5.92 Å². The quantitative estimate of drug-likeness (QED) is 0.860. The first-order valence-corrected chi connectivity index (χ1v) is 6.13. The molecule has 1 fully saturated rings. The van der Waals surface area contributed by atoms with Gasteiger partial charge >= 0.3 is 0 Å². The molecule has 2 rings (SSSR count). The van der Waals surface area contributed by atoms with Crippen LogP contribution in [0.5, 0.6) is 0 Å². The van der Waals surface area contributed by atoms with Gasteiger partial charge in [-0.3, -0.25) is 4.79 Å². The molecule has 0 aliphatic carbocycles. The van der Waals surface area contributed by atoms with E-state index in [1.54, 1.807) is 18.2 Å². The summed E-state index contributed by atoms with van der Waals surface area (Å²) in [6.07, 6.45) is 0. The highest BCUT2D eigenvalue weighted by Crippen LogP contribution is 2.25. The standard InChI is InChI=1S/C12H13Cl2NO2/c1-15-11-6-17-5-8(11)12(16)7-2-3-9(13)10(14)4-7/h2-4,8,11,15H,5-6H2,1H3. The van der Waals surface area contributed by atoms with E-state index in [-0.39, 0.29) is 17.7 Å². The Labute approximate surface area is 110 Å². The molecule has 0 spiro atoms. The van der Waals surface area contributed by atoms with Crippen LogP contribution < -0.4 is 5.32 Å². The second-order valence-electron chi connectivity index (χ2n) is 4.03. The lowest BCUT2D eigenvalue weighted by Crippen LogP contribution is -2.37. The predicted octanol–water partition coefficient (Wildman–Crippen LogP) is 2.41. The monoisotopic (exact) mass is 273 g/mol. The molecule has 0 radical (unpaired) electrons. The van der Waals surface area contributed by atoms with E-state index in [9.17, 15) is 4.79 Å². The van der Waals surface area contributed by atoms with Gasteiger partial charge in [0.1, 0.15) is 0 Å². The Morgan fingerprint density at radius 2 is 2.12 bits per heavy atom. The maximum absolute atomic E-state index is 12.3. The smallest absolute Gasteiger partial charge is 0.169 e. The van der Waals surface area contributed by atoms with Gasteiger partial charge in [-0.1, -0.05) is 23.2 Å². The van der Waals surface area contributed by atoms with Gasteiger partial charge in [-0.2, -0.15) is 0 Å². The van der Waals surface area contributed by atoms with Crippen LogP contribution in [0.3, 0.4) is 0 Å². The summed E-state index contributed by atoms with van der Waals surface area (Å²) in [6.45, 7) is 1.01. The number of benzene rings is 1. The lowest BCUT2D eigenvalue weighted by Gasteiger charge is -2.15. The number of likely N-dealkylation sites (N-methyl/N-ethyl adjacent to an activating group) is 1. The molecule has 2 atom stereocenters. The number of hydrogen-bond donors (Lipinski definition) is 1. The fourth-order valence-electron chi connectivity index (χ4n) is 1.96. The first-order valence-electron chi connectivity index (χ1n) is 5.37. The van der Waals surface area contributed by atoms with Crippen molar-refractivity contribution in [2.24, 2.45) is 5.92 Å². The van der Waals surface area contributed by atoms with Gasteiger partial charge in [0.15, 0.2) is 5.78 Å². The van der Waals surface area contributed by atoms with Crippen LogP contribution in [0.25, 0.3) is 0 Å². The van der Waals surface area contributed by atoms with E-state index in [1.807, 2.05) is 7.05 Å². The van der Waals surface area contributed by atoms with Gasteiger partial charge in [-0.25, -0.2) is 0 Å². The summed E-state index contributed by atoms with van der Waals surface area (Å²) in [5.74, 6) is -0.113. The zero-order valence-corrected chi connectivity index (χ0v) is 10.9. The summed E-state index contributed by atoms with van der Waals surface area (Å²) in [5, 5.41) is 3.94. The van der Waals surface area contributed by atoms with Crippen LogP contribution in [0.2, 0.25) is 10.0 Å². The average Bonchev–Trinajstić information content (AvgIpc) is 2.80. The highest BCUT2D eigenvalue weighted by molar-refractivity contribution is 6.42. The Morgan fingerprint density at radius 3 is 2.76 bits per heavy atom. The topological polar surface area (TPSA) is 38.3 Å². The fourth-order valence-corrected chi connectivity index (χ4v) is 2.26. The number of ether oxygens (including phenoxy) is 1. The normalized spacial score (nSPS) is 23.9. The number of hydrogen-bond acceptors (Lipinski definition) is 3. The van der Waals surface area contributed by atoms with Gasteiger partial charge in [-0.15, -0.1) is 0 Å². The van der Waals surface area contributed by atoms with Crippen molar-refractivity contribution in [3.05, 3.63) is 33.8 Å². The van der Waals surface area contributed by atoms with Gasteiger partial charge in [0.2, 0.25) is 0 Å². The molecule has 1 saturated heterocycles. The molecule has 1 aliphatic heterocycles. The lowest BCUT2D eigenvalue weighted by atomic mass is 9.93. The first kappa shape index (κ1) is 12.8. The van der Waals surface area contributed by atoms with E-state index in [4.69, 9.17) is 27.9 Å². The summed E-state index contributed by atoms with van der Waals surface area (Å²) in [7, 11) is 1.83. The molecule has 1 heterocycles. The van der Waals surface area contributed by atoms with E-state index in [0.29, 0.717) is 28.8 Å². The van der Waals surface area contributed by atoms with Crippen molar-refractivity contribution >= 4 is 29.0 Å². The number of nitrogens with one attached hydrogen (secondary N) is 1. The summed E-state index contributed by atoms with van der Waals surface area (Å²) in [4.78, 5) is 12.3. The second-order valence-corrected chi connectivity index (χ2v) is 4.85. The molecular formula is C12H13Cl2NO2. The van der Waals surface area contributed by atoms with Crippen LogP contribution in [0.15, 0.2) is 18.2 Å². The van der Waals surface area contributed by atoms with Gasteiger partial charge in [0.05, 0.1) is 29.2 Å². The molecule has 1 aliphatic rings. The molecule has 1 aromatic carbocycles. The highest BCUT2D eigenvalue weighted by atomic mass is 35.5. The number of halogens is 2. The third kappa shape index (κ3) is 2.63. The summed E-state index contributed by atoms with van der Waals surface area (Å²) in [5.41, 5.74) is 0.579. The van der Waals surface area contributed by atoms with Crippen LogP contribution in [0.1, 0.15) is 10.4 Å². The highest BCUT2D eigenvalue weighted by Gasteiger charge is 2.33. The molecule has 1 aromatic rings. The largest absolute Gasteiger partial charge is 0.379 e. The molecule has 17 heavy (non-hydrogen) atoms. The summed E-state index contributed by atoms with van der Waals surface area (Å²) in [6, 6.07) is 5.01. The van der Waals surface area contributed by atoms with Crippen molar-refractivity contribution in [2.75, 3.05) is 20.3 Å². The van der Waals surface area contributed by atoms with E-state index >= 15 is 0 Å². The molecule has 2 unspecified atom stereocenters. The van der Waals surface area contributed by atoms with Crippen LogP contribution in [-0.4, -0.2) is 32.1 Å². The third-order valence-electron chi connectivity index (χ3n) is 2.99. The van der Waals surface area contributed by atoms with Crippen molar-refractivity contribution < 1.29 is 9.53 Å². The zero-order chi connectivity index (χ0) is 12.4. The Morgan fingerprint density at radius 1 is 1.35 bits per heavy atom. The molecule has 92 valence electrons. The van der Waals surface area contributed by atoms with Crippen molar-refractivity contribution in [1.82, 2.24) is 5.32 Å². The number of carbonyl (C=O) groups is 1.